The van der Waals surface area contributed by atoms with Crippen LogP contribution in [0.4, 0.5) is 11.8 Å². The highest BCUT2D eigenvalue weighted by molar-refractivity contribution is 5.41. The first kappa shape index (κ1) is 17.5. The van der Waals surface area contributed by atoms with Crippen molar-refractivity contribution in [2.45, 2.75) is 44.1 Å². The molecule has 2 aromatic rings. The molecule has 7 heteroatoms. The van der Waals surface area contributed by atoms with Crippen LogP contribution in [0.1, 0.15) is 43.7 Å². The van der Waals surface area contributed by atoms with Crippen LogP contribution in [0.25, 0.3) is 0 Å². The van der Waals surface area contributed by atoms with Gasteiger partial charge in [-0.1, -0.05) is 12.8 Å². The smallest absolute Gasteiger partial charge is 0.219 e. The highest BCUT2D eigenvalue weighted by Gasteiger charge is 2.24. The fourth-order valence-electron chi connectivity index (χ4n) is 3.49. The second kappa shape index (κ2) is 8.71. The van der Waals surface area contributed by atoms with E-state index in [9.17, 15) is 0 Å². The Hall–Kier alpha value is -2.28. The predicted molar refractivity (Wildman–Crippen MR) is 99.4 cm³/mol. The molecule has 2 aliphatic rings. The molecule has 0 radical (unpaired) electrons. The van der Waals surface area contributed by atoms with Gasteiger partial charge in [0, 0.05) is 49.2 Å². The molecule has 2 aromatic heterocycles. The van der Waals surface area contributed by atoms with Crippen molar-refractivity contribution in [1.29, 1.82) is 0 Å². The zero-order valence-electron chi connectivity index (χ0n) is 14.8. The number of hydrogen-bond donors (Lipinski definition) is 2. The summed E-state index contributed by atoms with van der Waals surface area (Å²) >= 11 is 0. The molecule has 0 aromatic carbocycles. The lowest BCUT2D eigenvalue weighted by Gasteiger charge is -2.18. The van der Waals surface area contributed by atoms with E-state index in [4.69, 9.17) is 5.73 Å². The van der Waals surface area contributed by atoms with E-state index < -0.39 is 0 Å². The van der Waals surface area contributed by atoms with Gasteiger partial charge in [0.15, 0.2) is 0 Å². The van der Waals surface area contributed by atoms with Crippen LogP contribution < -0.4 is 16.0 Å². The standard InChI is InChI=1S/C14H22N4.C4H5N3/c1-15-12-6-7-18(9-12)14-8-13(16-10-17-14)11-4-2-3-5-11;5-4-6-2-1-3-7-4/h8,10-12,15H,2-7,9H2,1H3;1-3H,(H2,5,6,7). The number of aromatic nitrogens is 4. The molecule has 2 fully saturated rings. The predicted octanol–water partition coefficient (Wildman–Crippen LogP) is 1.99. The van der Waals surface area contributed by atoms with Crippen LogP contribution in [0.3, 0.4) is 0 Å². The maximum absolute atomic E-state index is 5.14. The van der Waals surface area contributed by atoms with Crippen molar-refractivity contribution in [2.75, 3.05) is 30.8 Å². The van der Waals surface area contributed by atoms with Gasteiger partial charge in [-0.3, -0.25) is 0 Å². The summed E-state index contributed by atoms with van der Waals surface area (Å²) in [6, 6.07) is 4.54. The Morgan fingerprint density at radius 1 is 1.08 bits per heavy atom. The molecule has 3 heterocycles. The average molecular weight is 341 g/mol. The van der Waals surface area contributed by atoms with Crippen LogP contribution >= 0.6 is 0 Å². The minimum atomic E-state index is 0.322. The molecule has 1 aliphatic heterocycles. The number of nitrogen functional groups attached to an aromatic ring is 1. The Labute approximate surface area is 149 Å². The molecule has 1 saturated carbocycles. The van der Waals surface area contributed by atoms with E-state index in [-0.39, 0.29) is 0 Å². The molecule has 4 rings (SSSR count). The number of hydrogen-bond acceptors (Lipinski definition) is 7. The van der Waals surface area contributed by atoms with Crippen molar-refractivity contribution in [1.82, 2.24) is 25.3 Å². The zero-order valence-corrected chi connectivity index (χ0v) is 14.8. The third-order valence-corrected chi connectivity index (χ3v) is 4.95. The third-order valence-electron chi connectivity index (χ3n) is 4.95. The first-order chi connectivity index (χ1) is 12.3. The van der Waals surface area contributed by atoms with E-state index in [2.05, 4.69) is 36.2 Å². The van der Waals surface area contributed by atoms with E-state index in [0.29, 0.717) is 17.9 Å². The van der Waals surface area contributed by atoms with Gasteiger partial charge in [0.25, 0.3) is 0 Å². The van der Waals surface area contributed by atoms with Crippen LogP contribution in [-0.2, 0) is 0 Å². The normalized spacial score (nSPS) is 20.4. The third kappa shape index (κ3) is 4.85. The van der Waals surface area contributed by atoms with Crippen molar-refractivity contribution < 1.29 is 0 Å². The minimum Gasteiger partial charge on any atom is -0.368 e. The fraction of sp³-hybridized carbons (Fsp3) is 0.556. The molecule has 1 unspecified atom stereocenters. The molecule has 1 atom stereocenters. The van der Waals surface area contributed by atoms with E-state index in [1.807, 2.05) is 7.05 Å². The molecule has 0 bridgehead atoms. The van der Waals surface area contributed by atoms with E-state index in [0.717, 1.165) is 18.9 Å². The lowest BCUT2D eigenvalue weighted by atomic mass is 10.0. The van der Waals surface area contributed by atoms with Crippen LogP contribution in [0, 0.1) is 0 Å². The van der Waals surface area contributed by atoms with Gasteiger partial charge in [0.05, 0.1) is 0 Å². The molecule has 1 aliphatic carbocycles. The molecule has 134 valence electrons. The van der Waals surface area contributed by atoms with Crippen molar-refractivity contribution in [3.63, 3.8) is 0 Å². The minimum absolute atomic E-state index is 0.322. The number of nitrogens with two attached hydrogens (primary N) is 1. The summed E-state index contributed by atoms with van der Waals surface area (Å²) in [5.41, 5.74) is 6.39. The van der Waals surface area contributed by atoms with Crippen molar-refractivity contribution in [3.05, 3.63) is 36.5 Å². The number of rotatable bonds is 3. The number of likely N-dealkylation sites (N-methyl/N-ethyl adjacent to an activating group) is 1. The first-order valence-corrected chi connectivity index (χ1v) is 9.03. The van der Waals surface area contributed by atoms with Crippen LogP contribution in [0.5, 0.6) is 0 Å². The molecule has 0 amide bonds. The van der Waals surface area contributed by atoms with Crippen molar-refractivity contribution >= 4 is 11.8 Å². The quantitative estimate of drug-likeness (QED) is 0.882. The highest BCUT2D eigenvalue weighted by Crippen LogP contribution is 2.34. The Morgan fingerprint density at radius 2 is 1.84 bits per heavy atom. The lowest BCUT2D eigenvalue weighted by molar-refractivity contribution is 0.616. The summed E-state index contributed by atoms with van der Waals surface area (Å²) in [5.74, 6) is 2.11. The molecular weight excluding hydrogens is 314 g/mol. The molecule has 25 heavy (non-hydrogen) atoms. The van der Waals surface area contributed by atoms with Crippen LogP contribution in [0.2, 0.25) is 0 Å². The maximum Gasteiger partial charge on any atom is 0.219 e. The number of nitrogens with one attached hydrogen (secondary N) is 1. The summed E-state index contributed by atoms with van der Waals surface area (Å²) in [5, 5.41) is 3.35. The largest absolute Gasteiger partial charge is 0.368 e. The first-order valence-electron chi connectivity index (χ1n) is 9.03. The van der Waals surface area contributed by atoms with Gasteiger partial charge in [-0.25, -0.2) is 19.9 Å². The lowest BCUT2D eigenvalue weighted by Crippen LogP contribution is -2.29. The summed E-state index contributed by atoms with van der Waals surface area (Å²) in [6.07, 6.45) is 11.5. The fourth-order valence-corrected chi connectivity index (χ4v) is 3.49. The SMILES string of the molecule is CNC1CCN(c2cc(C3CCCC3)ncn2)C1.Nc1ncccn1. The summed E-state index contributed by atoms with van der Waals surface area (Å²) < 4.78 is 0. The summed E-state index contributed by atoms with van der Waals surface area (Å²) in [7, 11) is 2.04. The van der Waals surface area contributed by atoms with E-state index in [1.165, 1.54) is 37.8 Å². The van der Waals surface area contributed by atoms with Gasteiger partial charge in [-0.05, 0) is 32.4 Å². The van der Waals surface area contributed by atoms with Gasteiger partial charge in [-0.15, -0.1) is 0 Å². The van der Waals surface area contributed by atoms with Crippen molar-refractivity contribution in [3.8, 4) is 0 Å². The number of nitrogens with zero attached hydrogens (tertiary/aromatic N) is 5. The van der Waals surface area contributed by atoms with Crippen LogP contribution in [0.15, 0.2) is 30.9 Å². The van der Waals surface area contributed by atoms with Gasteiger partial charge in [0.2, 0.25) is 5.95 Å². The summed E-state index contributed by atoms with van der Waals surface area (Å²) in [4.78, 5) is 18.6. The topological polar surface area (TPSA) is 92.8 Å². The summed E-state index contributed by atoms with van der Waals surface area (Å²) in [6.45, 7) is 2.17. The molecular formula is C18H27N7. The van der Waals surface area contributed by atoms with Gasteiger partial charge in [0.1, 0.15) is 12.1 Å². The number of anilines is 2. The molecule has 1 saturated heterocycles. The molecule has 3 N–H and O–H groups in total. The Balaban J connectivity index is 0.000000219. The Kier molecular flexibility index (Phi) is 6.11. The van der Waals surface area contributed by atoms with Crippen molar-refractivity contribution in [2.24, 2.45) is 0 Å². The zero-order chi connectivity index (χ0) is 17.5. The monoisotopic (exact) mass is 341 g/mol. The van der Waals surface area contributed by atoms with E-state index in [1.54, 1.807) is 24.8 Å². The van der Waals surface area contributed by atoms with Gasteiger partial charge in [-0.2, -0.15) is 0 Å². The average Bonchev–Trinajstić information content (AvgIpc) is 3.35. The maximum atomic E-state index is 5.14. The van der Waals surface area contributed by atoms with Gasteiger partial charge < -0.3 is 16.0 Å². The second-order valence-corrected chi connectivity index (χ2v) is 6.61. The Morgan fingerprint density at radius 3 is 2.44 bits per heavy atom. The molecule has 7 nitrogen and oxygen atoms in total. The molecule has 0 spiro atoms. The van der Waals surface area contributed by atoms with Crippen LogP contribution in [-0.4, -0.2) is 46.1 Å². The Bertz CT molecular complexity index is 643. The van der Waals surface area contributed by atoms with E-state index >= 15 is 0 Å². The second-order valence-electron chi connectivity index (χ2n) is 6.61. The van der Waals surface area contributed by atoms with Gasteiger partial charge >= 0.3 is 0 Å². The highest BCUT2D eigenvalue weighted by atomic mass is 15.2.